The Morgan fingerprint density at radius 3 is 2.80 bits per heavy atom. The summed E-state index contributed by atoms with van der Waals surface area (Å²) >= 11 is 0. The van der Waals surface area contributed by atoms with Crippen molar-refractivity contribution < 1.29 is 14.7 Å². The molecule has 1 fully saturated rings. The molecule has 0 bridgehead atoms. The van der Waals surface area contributed by atoms with Crippen molar-refractivity contribution in [3.63, 3.8) is 0 Å². The Morgan fingerprint density at radius 1 is 1.47 bits per heavy atom. The van der Waals surface area contributed by atoms with E-state index >= 15 is 0 Å². The molecule has 1 aliphatic heterocycles. The van der Waals surface area contributed by atoms with Crippen LogP contribution in [0.2, 0.25) is 0 Å². The number of carbonyl (C=O) groups excluding carboxylic acids is 2. The first kappa shape index (κ1) is 11.9. The predicted octanol–water partition coefficient (Wildman–Crippen LogP) is -1.39. The molecule has 1 aliphatic rings. The van der Waals surface area contributed by atoms with Crippen molar-refractivity contribution in [3.8, 4) is 0 Å². The Morgan fingerprint density at radius 2 is 2.20 bits per heavy atom. The second kappa shape index (κ2) is 5.67. The normalized spacial score (nSPS) is 21.3. The van der Waals surface area contributed by atoms with Crippen LogP contribution in [0.25, 0.3) is 0 Å². The van der Waals surface area contributed by atoms with E-state index < -0.39 is 0 Å². The molecule has 0 aromatic heterocycles. The quantitative estimate of drug-likeness (QED) is 0.506. The van der Waals surface area contributed by atoms with E-state index in [2.05, 4.69) is 10.9 Å². The number of carbonyl (C=O) groups is 2. The lowest BCUT2D eigenvalue weighted by Crippen LogP contribution is -2.47. The summed E-state index contributed by atoms with van der Waals surface area (Å²) in [6.45, 7) is 2.43. The van der Waals surface area contributed by atoms with Crippen LogP contribution in [0, 0.1) is 0 Å². The van der Waals surface area contributed by atoms with Crippen LogP contribution in [0.3, 0.4) is 0 Å². The highest BCUT2D eigenvalue weighted by Gasteiger charge is 2.25. The van der Waals surface area contributed by atoms with Gasteiger partial charge in [-0.1, -0.05) is 0 Å². The molecule has 1 saturated heterocycles. The third-order valence-electron chi connectivity index (χ3n) is 2.43. The molecule has 0 radical (unpaired) electrons. The van der Waals surface area contributed by atoms with Crippen LogP contribution in [0.4, 0.5) is 0 Å². The molecule has 0 aromatic rings. The van der Waals surface area contributed by atoms with Crippen LogP contribution in [0.1, 0.15) is 19.8 Å². The minimum Gasteiger partial charge on any atom is -0.395 e. The van der Waals surface area contributed by atoms with Gasteiger partial charge in [0.15, 0.2) is 0 Å². The number of nitrogens with zero attached hydrogens (tertiary/aromatic N) is 1. The van der Waals surface area contributed by atoms with Gasteiger partial charge >= 0.3 is 0 Å². The molecule has 0 saturated carbocycles. The molecular formula is C9H17N3O3. The van der Waals surface area contributed by atoms with E-state index in [4.69, 9.17) is 5.11 Å². The summed E-state index contributed by atoms with van der Waals surface area (Å²) in [6, 6.07) is 0.0769. The van der Waals surface area contributed by atoms with Gasteiger partial charge in [-0.25, -0.2) is 0 Å². The Labute approximate surface area is 88.6 Å². The van der Waals surface area contributed by atoms with Gasteiger partial charge in [-0.3, -0.25) is 25.3 Å². The number of hydrazine groups is 1. The molecule has 6 heteroatoms. The maximum atomic E-state index is 11.3. The topological polar surface area (TPSA) is 81.7 Å². The van der Waals surface area contributed by atoms with Gasteiger partial charge < -0.3 is 5.11 Å². The molecule has 6 nitrogen and oxygen atoms in total. The monoisotopic (exact) mass is 215 g/mol. The summed E-state index contributed by atoms with van der Waals surface area (Å²) in [4.78, 5) is 23.8. The van der Waals surface area contributed by atoms with Gasteiger partial charge in [-0.05, 0) is 19.4 Å². The zero-order chi connectivity index (χ0) is 11.3. The smallest absolute Gasteiger partial charge is 0.252 e. The summed E-state index contributed by atoms with van der Waals surface area (Å²) < 4.78 is 0. The lowest BCUT2D eigenvalue weighted by molar-refractivity contribution is -0.128. The molecule has 1 rings (SSSR count). The minimum absolute atomic E-state index is 0.0768. The highest BCUT2D eigenvalue weighted by molar-refractivity contribution is 5.81. The molecule has 1 atom stereocenters. The van der Waals surface area contributed by atoms with Gasteiger partial charge in [0.25, 0.3) is 5.91 Å². The number of hydrogen-bond donors (Lipinski definition) is 3. The molecule has 0 aromatic carbocycles. The van der Waals surface area contributed by atoms with E-state index in [1.807, 2.05) is 4.90 Å². The fourth-order valence-corrected chi connectivity index (χ4v) is 1.69. The molecule has 3 N–H and O–H groups in total. The van der Waals surface area contributed by atoms with Crippen molar-refractivity contribution in [2.24, 2.45) is 0 Å². The Balaban J connectivity index is 2.27. The first-order valence-corrected chi connectivity index (χ1v) is 5.04. The fraction of sp³-hybridized carbons (Fsp3) is 0.778. The minimum atomic E-state index is -0.302. The van der Waals surface area contributed by atoms with Gasteiger partial charge in [-0.15, -0.1) is 0 Å². The third-order valence-corrected chi connectivity index (χ3v) is 2.43. The zero-order valence-electron chi connectivity index (χ0n) is 8.82. The van der Waals surface area contributed by atoms with Crippen molar-refractivity contribution >= 4 is 11.8 Å². The number of rotatable bonds is 3. The molecule has 0 unspecified atom stereocenters. The summed E-state index contributed by atoms with van der Waals surface area (Å²) in [5.74, 6) is -0.561. The van der Waals surface area contributed by atoms with Crippen molar-refractivity contribution in [3.05, 3.63) is 0 Å². The molecule has 1 heterocycles. The van der Waals surface area contributed by atoms with E-state index in [9.17, 15) is 9.59 Å². The molecule has 86 valence electrons. The standard InChI is InChI=1S/C9H17N3O3/c1-7(14)10-11-9(15)5-12-4-2-3-8(12)6-13/h8,13H,2-6H2,1H3,(H,10,14)(H,11,15)/t8-/m1/s1. The van der Waals surface area contributed by atoms with Crippen LogP contribution in [-0.2, 0) is 9.59 Å². The van der Waals surface area contributed by atoms with E-state index in [1.165, 1.54) is 6.92 Å². The zero-order valence-corrected chi connectivity index (χ0v) is 8.82. The van der Waals surface area contributed by atoms with Gasteiger partial charge in [0, 0.05) is 13.0 Å². The summed E-state index contributed by atoms with van der Waals surface area (Å²) in [5.41, 5.74) is 4.52. The highest BCUT2D eigenvalue weighted by Crippen LogP contribution is 2.15. The number of hydrogen-bond acceptors (Lipinski definition) is 4. The van der Waals surface area contributed by atoms with Crippen molar-refractivity contribution in [2.45, 2.75) is 25.8 Å². The average molecular weight is 215 g/mol. The summed E-state index contributed by atoms with van der Waals surface area (Å²) in [5, 5.41) is 9.02. The molecule has 2 amide bonds. The van der Waals surface area contributed by atoms with Crippen LogP contribution < -0.4 is 10.9 Å². The fourth-order valence-electron chi connectivity index (χ4n) is 1.69. The van der Waals surface area contributed by atoms with Gasteiger partial charge in [0.1, 0.15) is 0 Å². The van der Waals surface area contributed by atoms with Crippen LogP contribution in [-0.4, -0.2) is 47.6 Å². The average Bonchev–Trinajstić information content (AvgIpc) is 2.62. The molecular weight excluding hydrogens is 198 g/mol. The van der Waals surface area contributed by atoms with Gasteiger partial charge in [-0.2, -0.15) is 0 Å². The number of aliphatic hydroxyl groups is 1. The lowest BCUT2D eigenvalue weighted by Gasteiger charge is -2.21. The van der Waals surface area contributed by atoms with E-state index in [0.29, 0.717) is 0 Å². The highest BCUT2D eigenvalue weighted by atomic mass is 16.3. The molecule has 0 spiro atoms. The first-order valence-electron chi connectivity index (χ1n) is 5.04. The predicted molar refractivity (Wildman–Crippen MR) is 53.6 cm³/mol. The molecule has 0 aliphatic carbocycles. The van der Waals surface area contributed by atoms with E-state index in [-0.39, 0.29) is 31.0 Å². The van der Waals surface area contributed by atoms with E-state index in [0.717, 1.165) is 19.4 Å². The number of amides is 2. The Hall–Kier alpha value is -1.14. The number of likely N-dealkylation sites (tertiary alicyclic amines) is 1. The summed E-state index contributed by atoms with van der Waals surface area (Å²) in [6.07, 6.45) is 1.92. The third kappa shape index (κ3) is 3.85. The maximum absolute atomic E-state index is 11.3. The van der Waals surface area contributed by atoms with Crippen LogP contribution in [0.15, 0.2) is 0 Å². The van der Waals surface area contributed by atoms with Crippen molar-refractivity contribution in [1.82, 2.24) is 15.8 Å². The second-order valence-electron chi connectivity index (χ2n) is 3.68. The number of nitrogens with one attached hydrogen (secondary N) is 2. The summed E-state index contributed by atoms with van der Waals surface area (Å²) in [7, 11) is 0. The van der Waals surface area contributed by atoms with Gasteiger partial charge in [0.2, 0.25) is 5.91 Å². The Bertz CT molecular complexity index is 245. The second-order valence-corrected chi connectivity index (χ2v) is 3.68. The Kier molecular flexibility index (Phi) is 4.51. The molecule has 15 heavy (non-hydrogen) atoms. The van der Waals surface area contributed by atoms with E-state index in [1.54, 1.807) is 0 Å². The maximum Gasteiger partial charge on any atom is 0.252 e. The first-order chi connectivity index (χ1) is 7.13. The van der Waals surface area contributed by atoms with Crippen LogP contribution >= 0.6 is 0 Å². The van der Waals surface area contributed by atoms with Gasteiger partial charge in [0.05, 0.1) is 13.2 Å². The van der Waals surface area contributed by atoms with Crippen molar-refractivity contribution in [1.29, 1.82) is 0 Å². The lowest BCUT2D eigenvalue weighted by atomic mass is 10.2. The SMILES string of the molecule is CC(=O)NNC(=O)CN1CCC[C@@H]1CO. The number of aliphatic hydroxyl groups excluding tert-OH is 1. The van der Waals surface area contributed by atoms with Crippen LogP contribution in [0.5, 0.6) is 0 Å². The van der Waals surface area contributed by atoms with Crippen molar-refractivity contribution in [2.75, 3.05) is 19.7 Å². The largest absolute Gasteiger partial charge is 0.395 e.